The number of piperidine rings is 1. The second kappa shape index (κ2) is 5.64. The van der Waals surface area contributed by atoms with Gasteiger partial charge in [-0.05, 0) is 38.1 Å². The molecule has 0 aliphatic carbocycles. The van der Waals surface area contributed by atoms with E-state index in [0.29, 0.717) is 11.3 Å². The lowest BCUT2D eigenvalue weighted by Gasteiger charge is -2.22. The van der Waals surface area contributed by atoms with Crippen molar-refractivity contribution in [2.75, 3.05) is 18.4 Å². The fraction of sp³-hybridized carbons (Fsp3) is 0.385. The van der Waals surface area contributed by atoms with Gasteiger partial charge in [0.2, 0.25) is 5.91 Å². The standard InChI is InChI=1S/C13H17N3O2/c14-12(17)10-3-1-2-4-11(10)16-13(18)9-5-7-15-8-6-9/h1-4,9,15H,5-8H2,(H2,14,17)(H,16,18). The van der Waals surface area contributed by atoms with E-state index >= 15 is 0 Å². The molecule has 0 saturated carbocycles. The zero-order valence-electron chi connectivity index (χ0n) is 10.1. The maximum absolute atomic E-state index is 12.1. The minimum atomic E-state index is -0.531. The second-order valence-corrected chi connectivity index (χ2v) is 4.42. The molecule has 0 bridgehead atoms. The number of primary amides is 1. The summed E-state index contributed by atoms with van der Waals surface area (Å²) in [4.78, 5) is 23.3. The van der Waals surface area contributed by atoms with Crippen molar-refractivity contribution < 1.29 is 9.59 Å². The van der Waals surface area contributed by atoms with E-state index in [-0.39, 0.29) is 11.8 Å². The molecule has 0 aromatic heterocycles. The van der Waals surface area contributed by atoms with Crippen molar-refractivity contribution >= 4 is 17.5 Å². The highest BCUT2D eigenvalue weighted by Crippen LogP contribution is 2.18. The third-order valence-electron chi connectivity index (χ3n) is 3.16. The molecular formula is C13H17N3O2. The van der Waals surface area contributed by atoms with Crippen molar-refractivity contribution in [3.8, 4) is 0 Å². The molecule has 2 rings (SSSR count). The van der Waals surface area contributed by atoms with Gasteiger partial charge in [0.15, 0.2) is 0 Å². The first-order valence-corrected chi connectivity index (χ1v) is 6.09. The fourth-order valence-electron chi connectivity index (χ4n) is 2.13. The van der Waals surface area contributed by atoms with Gasteiger partial charge in [-0.25, -0.2) is 0 Å². The number of rotatable bonds is 3. The van der Waals surface area contributed by atoms with E-state index in [0.717, 1.165) is 25.9 Å². The molecule has 2 amide bonds. The summed E-state index contributed by atoms with van der Waals surface area (Å²) in [6.45, 7) is 1.71. The van der Waals surface area contributed by atoms with Crippen LogP contribution in [0.5, 0.6) is 0 Å². The number of hydrogen-bond acceptors (Lipinski definition) is 3. The van der Waals surface area contributed by atoms with Crippen molar-refractivity contribution in [3.05, 3.63) is 29.8 Å². The average molecular weight is 247 g/mol. The minimum Gasteiger partial charge on any atom is -0.366 e. The van der Waals surface area contributed by atoms with Crippen LogP contribution in [0.25, 0.3) is 0 Å². The Hall–Kier alpha value is -1.88. The van der Waals surface area contributed by atoms with Crippen molar-refractivity contribution in [1.29, 1.82) is 0 Å². The van der Waals surface area contributed by atoms with E-state index in [4.69, 9.17) is 5.73 Å². The zero-order chi connectivity index (χ0) is 13.0. The summed E-state index contributed by atoms with van der Waals surface area (Å²) < 4.78 is 0. The molecule has 1 saturated heterocycles. The van der Waals surface area contributed by atoms with Crippen LogP contribution in [-0.4, -0.2) is 24.9 Å². The summed E-state index contributed by atoms with van der Waals surface area (Å²) in [7, 11) is 0. The molecule has 0 atom stereocenters. The number of anilines is 1. The molecule has 1 aromatic carbocycles. The molecule has 5 nitrogen and oxygen atoms in total. The predicted molar refractivity (Wildman–Crippen MR) is 69.2 cm³/mol. The number of nitrogens with one attached hydrogen (secondary N) is 2. The number of benzene rings is 1. The van der Waals surface area contributed by atoms with Crippen LogP contribution in [0.3, 0.4) is 0 Å². The Morgan fingerprint density at radius 1 is 1.22 bits per heavy atom. The largest absolute Gasteiger partial charge is 0.366 e. The van der Waals surface area contributed by atoms with Crippen LogP contribution in [0.4, 0.5) is 5.69 Å². The monoisotopic (exact) mass is 247 g/mol. The average Bonchev–Trinajstić information content (AvgIpc) is 2.40. The van der Waals surface area contributed by atoms with Crippen molar-refractivity contribution in [3.63, 3.8) is 0 Å². The smallest absolute Gasteiger partial charge is 0.250 e. The Bertz CT molecular complexity index is 453. The van der Waals surface area contributed by atoms with Gasteiger partial charge >= 0.3 is 0 Å². The maximum atomic E-state index is 12.1. The van der Waals surface area contributed by atoms with Crippen LogP contribution >= 0.6 is 0 Å². The van der Waals surface area contributed by atoms with Gasteiger partial charge < -0.3 is 16.4 Å². The van der Waals surface area contributed by atoms with Crippen LogP contribution in [-0.2, 0) is 4.79 Å². The molecule has 18 heavy (non-hydrogen) atoms. The lowest BCUT2D eigenvalue weighted by atomic mass is 9.97. The second-order valence-electron chi connectivity index (χ2n) is 4.42. The molecule has 1 aromatic rings. The number of hydrogen-bond donors (Lipinski definition) is 3. The zero-order valence-corrected chi connectivity index (χ0v) is 10.1. The Morgan fingerprint density at radius 2 is 1.89 bits per heavy atom. The first-order chi connectivity index (χ1) is 8.68. The Labute approximate surface area is 106 Å². The predicted octanol–water partition coefficient (Wildman–Crippen LogP) is 0.724. The van der Waals surface area contributed by atoms with Gasteiger partial charge in [-0.1, -0.05) is 12.1 Å². The van der Waals surface area contributed by atoms with Crippen molar-refractivity contribution in [2.45, 2.75) is 12.8 Å². The summed E-state index contributed by atoms with van der Waals surface area (Å²) in [5.41, 5.74) is 6.11. The first-order valence-electron chi connectivity index (χ1n) is 6.09. The summed E-state index contributed by atoms with van der Waals surface area (Å²) in [5.74, 6) is -0.561. The molecule has 4 N–H and O–H groups in total. The summed E-state index contributed by atoms with van der Waals surface area (Å²) in [6, 6.07) is 6.80. The highest BCUT2D eigenvalue weighted by atomic mass is 16.2. The third-order valence-corrected chi connectivity index (χ3v) is 3.16. The van der Waals surface area contributed by atoms with Gasteiger partial charge in [0.1, 0.15) is 0 Å². The van der Waals surface area contributed by atoms with Crippen LogP contribution < -0.4 is 16.4 Å². The number of nitrogens with two attached hydrogens (primary N) is 1. The lowest BCUT2D eigenvalue weighted by molar-refractivity contribution is -0.120. The van der Waals surface area contributed by atoms with Gasteiger partial charge in [0.05, 0.1) is 11.3 Å². The van der Waals surface area contributed by atoms with Gasteiger partial charge in [0, 0.05) is 5.92 Å². The van der Waals surface area contributed by atoms with Crippen LogP contribution in [0, 0.1) is 5.92 Å². The van der Waals surface area contributed by atoms with Crippen LogP contribution in [0.1, 0.15) is 23.2 Å². The highest BCUT2D eigenvalue weighted by Gasteiger charge is 2.21. The van der Waals surface area contributed by atoms with Crippen LogP contribution in [0.15, 0.2) is 24.3 Å². The van der Waals surface area contributed by atoms with Gasteiger partial charge in [-0.2, -0.15) is 0 Å². The Balaban J connectivity index is 2.08. The van der Waals surface area contributed by atoms with Gasteiger partial charge in [0.25, 0.3) is 5.91 Å². The Morgan fingerprint density at radius 3 is 2.56 bits per heavy atom. The maximum Gasteiger partial charge on any atom is 0.250 e. The summed E-state index contributed by atoms with van der Waals surface area (Å²) >= 11 is 0. The van der Waals surface area contributed by atoms with E-state index < -0.39 is 5.91 Å². The molecule has 5 heteroatoms. The van der Waals surface area contributed by atoms with Gasteiger partial charge in [-0.3, -0.25) is 9.59 Å². The molecular weight excluding hydrogens is 230 g/mol. The minimum absolute atomic E-state index is 0.00665. The molecule has 1 heterocycles. The molecule has 96 valence electrons. The molecule has 0 spiro atoms. The number of para-hydroxylation sites is 1. The highest BCUT2D eigenvalue weighted by molar-refractivity contribution is 6.03. The van der Waals surface area contributed by atoms with Crippen molar-refractivity contribution in [2.24, 2.45) is 11.7 Å². The molecule has 1 aliphatic rings. The van der Waals surface area contributed by atoms with E-state index in [2.05, 4.69) is 10.6 Å². The van der Waals surface area contributed by atoms with Crippen LogP contribution in [0.2, 0.25) is 0 Å². The molecule has 1 fully saturated rings. The van der Waals surface area contributed by atoms with E-state index in [1.54, 1.807) is 24.3 Å². The van der Waals surface area contributed by atoms with E-state index in [9.17, 15) is 9.59 Å². The van der Waals surface area contributed by atoms with Gasteiger partial charge in [-0.15, -0.1) is 0 Å². The number of carbonyl (C=O) groups is 2. The normalized spacial score (nSPS) is 16.2. The summed E-state index contributed by atoms with van der Waals surface area (Å²) in [5, 5.41) is 6.00. The Kier molecular flexibility index (Phi) is 3.94. The third kappa shape index (κ3) is 2.87. The molecule has 1 aliphatic heterocycles. The van der Waals surface area contributed by atoms with Crippen molar-refractivity contribution in [1.82, 2.24) is 5.32 Å². The molecule has 0 unspecified atom stereocenters. The fourth-order valence-corrected chi connectivity index (χ4v) is 2.13. The number of carbonyl (C=O) groups excluding carboxylic acids is 2. The first kappa shape index (κ1) is 12.6. The van der Waals surface area contributed by atoms with E-state index in [1.807, 2.05) is 0 Å². The topological polar surface area (TPSA) is 84.2 Å². The number of amides is 2. The van der Waals surface area contributed by atoms with E-state index in [1.165, 1.54) is 0 Å². The SMILES string of the molecule is NC(=O)c1ccccc1NC(=O)C1CCNCC1. The summed E-state index contributed by atoms with van der Waals surface area (Å²) in [6.07, 6.45) is 1.65. The molecule has 0 radical (unpaired) electrons. The quantitative estimate of drug-likeness (QED) is 0.736. The lowest BCUT2D eigenvalue weighted by Crippen LogP contribution is -2.35.